The lowest BCUT2D eigenvalue weighted by Gasteiger charge is -2.30. The highest BCUT2D eigenvalue weighted by molar-refractivity contribution is 5.94. The summed E-state index contributed by atoms with van der Waals surface area (Å²) in [6.45, 7) is 3.99. The van der Waals surface area contributed by atoms with Crippen molar-refractivity contribution >= 4 is 23.0 Å². The first-order valence-corrected chi connectivity index (χ1v) is 10.6. The topological polar surface area (TPSA) is 65.4 Å². The molecule has 0 spiro atoms. The minimum atomic E-state index is -0.406. The van der Waals surface area contributed by atoms with Crippen LogP contribution in [0.25, 0.3) is 11.0 Å². The van der Waals surface area contributed by atoms with Crippen LogP contribution in [0.2, 0.25) is 0 Å². The number of para-hydroxylation sites is 3. The quantitative estimate of drug-likeness (QED) is 0.417. The summed E-state index contributed by atoms with van der Waals surface area (Å²) in [5.41, 5.74) is 3.98. The number of aromatic nitrogens is 2. The Kier molecular flexibility index (Phi) is 5.11. The van der Waals surface area contributed by atoms with Crippen molar-refractivity contribution in [3.05, 3.63) is 95.7 Å². The molecule has 6 nitrogen and oxygen atoms in total. The van der Waals surface area contributed by atoms with Gasteiger partial charge in [-0.2, -0.15) is 0 Å². The highest BCUT2D eigenvalue weighted by atomic mass is 16.5. The molecule has 2 heterocycles. The zero-order chi connectivity index (χ0) is 22.1. The molecule has 0 fully saturated rings. The number of benzene rings is 3. The van der Waals surface area contributed by atoms with Gasteiger partial charge in [0.25, 0.3) is 0 Å². The molecular weight excluding hydrogens is 402 g/mol. The molecule has 1 N–H and O–H groups in total. The van der Waals surface area contributed by atoms with Gasteiger partial charge >= 0.3 is 5.97 Å². The molecule has 32 heavy (non-hydrogen) atoms. The standard InChI is InChI=1S/C26H23N3O3/c1-3-31-25(30)23-17(2)27-26-28-21-14-7-8-15-22(21)29(26)24(23)18-10-9-13-20(16-18)32-19-11-5-4-6-12-19/h4-16,24H,3H2,1-2H3,(H,27,28)/t24-/m1/s1. The first kappa shape index (κ1) is 19.9. The number of hydrogen-bond acceptors (Lipinski definition) is 5. The number of nitrogens with one attached hydrogen (secondary N) is 1. The summed E-state index contributed by atoms with van der Waals surface area (Å²) in [7, 11) is 0. The number of fused-ring (bicyclic) bond motifs is 3. The second-order valence-electron chi connectivity index (χ2n) is 7.57. The Labute approximate surface area is 186 Å². The van der Waals surface area contributed by atoms with Crippen LogP contribution >= 0.6 is 0 Å². The van der Waals surface area contributed by atoms with E-state index in [2.05, 4.69) is 9.88 Å². The summed E-state index contributed by atoms with van der Waals surface area (Å²) in [5.74, 6) is 1.79. The van der Waals surface area contributed by atoms with E-state index in [0.29, 0.717) is 23.9 Å². The fourth-order valence-electron chi connectivity index (χ4n) is 4.13. The second-order valence-corrected chi connectivity index (χ2v) is 7.57. The van der Waals surface area contributed by atoms with Crippen molar-refractivity contribution in [2.75, 3.05) is 11.9 Å². The van der Waals surface area contributed by atoms with Crippen molar-refractivity contribution in [3.63, 3.8) is 0 Å². The molecule has 0 saturated carbocycles. The van der Waals surface area contributed by atoms with E-state index in [0.717, 1.165) is 28.0 Å². The zero-order valence-corrected chi connectivity index (χ0v) is 17.9. The molecule has 1 atom stereocenters. The summed E-state index contributed by atoms with van der Waals surface area (Å²) in [6.07, 6.45) is 0. The summed E-state index contributed by atoms with van der Waals surface area (Å²) >= 11 is 0. The van der Waals surface area contributed by atoms with E-state index >= 15 is 0 Å². The van der Waals surface area contributed by atoms with Crippen LogP contribution in [-0.2, 0) is 9.53 Å². The number of nitrogens with zero attached hydrogens (tertiary/aromatic N) is 2. The smallest absolute Gasteiger partial charge is 0.338 e. The van der Waals surface area contributed by atoms with E-state index < -0.39 is 6.04 Å². The molecule has 0 unspecified atom stereocenters. The van der Waals surface area contributed by atoms with Gasteiger partial charge in [0, 0.05) is 5.70 Å². The van der Waals surface area contributed by atoms with E-state index in [9.17, 15) is 4.79 Å². The van der Waals surface area contributed by atoms with Crippen LogP contribution in [0.1, 0.15) is 25.5 Å². The molecule has 3 aromatic carbocycles. The van der Waals surface area contributed by atoms with Gasteiger partial charge in [0.2, 0.25) is 5.95 Å². The van der Waals surface area contributed by atoms with Gasteiger partial charge in [-0.3, -0.25) is 4.57 Å². The molecule has 0 amide bonds. The van der Waals surface area contributed by atoms with Crippen molar-refractivity contribution in [1.82, 2.24) is 9.55 Å². The SMILES string of the molecule is CCOC(=O)C1=C(C)Nc2nc3ccccc3n2[C@@H]1c1cccc(Oc2ccccc2)c1. The maximum absolute atomic E-state index is 13.1. The Hall–Kier alpha value is -4.06. The van der Waals surface area contributed by atoms with Gasteiger partial charge in [-0.15, -0.1) is 0 Å². The van der Waals surface area contributed by atoms with E-state index in [1.807, 2.05) is 92.7 Å². The molecule has 1 aromatic heterocycles. The van der Waals surface area contributed by atoms with Gasteiger partial charge in [-0.25, -0.2) is 9.78 Å². The average molecular weight is 425 g/mol. The van der Waals surface area contributed by atoms with Gasteiger partial charge < -0.3 is 14.8 Å². The number of carbonyl (C=O) groups is 1. The normalized spacial score (nSPS) is 15.2. The molecule has 0 bridgehead atoms. The van der Waals surface area contributed by atoms with E-state index in [1.54, 1.807) is 0 Å². The highest BCUT2D eigenvalue weighted by Crippen LogP contribution is 2.40. The second kappa shape index (κ2) is 8.23. The number of allylic oxidation sites excluding steroid dienone is 1. The molecule has 0 radical (unpaired) electrons. The average Bonchev–Trinajstić information content (AvgIpc) is 3.17. The summed E-state index contributed by atoms with van der Waals surface area (Å²) in [4.78, 5) is 17.8. The molecular formula is C26H23N3O3. The summed E-state index contributed by atoms with van der Waals surface area (Å²) in [5, 5.41) is 3.29. The molecule has 160 valence electrons. The fraction of sp³-hybridized carbons (Fsp3) is 0.154. The molecule has 5 rings (SSSR count). The summed E-state index contributed by atoms with van der Waals surface area (Å²) < 4.78 is 13.5. The van der Waals surface area contributed by atoms with Crippen molar-refractivity contribution in [2.24, 2.45) is 0 Å². The zero-order valence-electron chi connectivity index (χ0n) is 17.9. The molecule has 0 aliphatic carbocycles. The minimum absolute atomic E-state index is 0.303. The fourth-order valence-corrected chi connectivity index (χ4v) is 4.13. The maximum Gasteiger partial charge on any atom is 0.338 e. The van der Waals surface area contributed by atoms with Crippen molar-refractivity contribution < 1.29 is 14.3 Å². The van der Waals surface area contributed by atoms with E-state index in [1.165, 1.54) is 0 Å². The third kappa shape index (κ3) is 3.50. The van der Waals surface area contributed by atoms with Crippen LogP contribution in [0, 0.1) is 0 Å². The van der Waals surface area contributed by atoms with Gasteiger partial charge in [-0.05, 0) is 55.8 Å². The molecule has 1 aliphatic heterocycles. The largest absolute Gasteiger partial charge is 0.463 e. The minimum Gasteiger partial charge on any atom is -0.463 e. The molecule has 4 aromatic rings. The third-order valence-corrected chi connectivity index (χ3v) is 5.48. The Morgan fingerprint density at radius 3 is 2.56 bits per heavy atom. The van der Waals surface area contributed by atoms with Crippen molar-refractivity contribution in [1.29, 1.82) is 0 Å². The van der Waals surface area contributed by atoms with Gasteiger partial charge in [0.05, 0.1) is 29.3 Å². The van der Waals surface area contributed by atoms with E-state index in [4.69, 9.17) is 14.5 Å². The summed E-state index contributed by atoms with van der Waals surface area (Å²) in [6, 6.07) is 24.9. The van der Waals surface area contributed by atoms with Crippen LogP contribution in [-0.4, -0.2) is 22.1 Å². The number of hydrogen-bond donors (Lipinski definition) is 1. The Bertz CT molecular complexity index is 1320. The van der Waals surface area contributed by atoms with E-state index in [-0.39, 0.29) is 5.97 Å². The number of carbonyl (C=O) groups excluding carboxylic acids is 1. The number of ether oxygens (including phenoxy) is 2. The van der Waals surface area contributed by atoms with Crippen LogP contribution in [0.5, 0.6) is 11.5 Å². The Morgan fingerprint density at radius 1 is 1.00 bits per heavy atom. The third-order valence-electron chi connectivity index (χ3n) is 5.48. The lowest BCUT2D eigenvalue weighted by molar-refractivity contribution is -0.139. The maximum atomic E-state index is 13.1. The van der Waals surface area contributed by atoms with Crippen LogP contribution in [0.4, 0.5) is 5.95 Å². The first-order chi connectivity index (χ1) is 15.7. The van der Waals surface area contributed by atoms with Gasteiger partial charge in [0.1, 0.15) is 11.5 Å². The van der Waals surface area contributed by atoms with Gasteiger partial charge in [0.15, 0.2) is 0 Å². The highest BCUT2D eigenvalue weighted by Gasteiger charge is 2.35. The van der Waals surface area contributed by atoms with Crippen molar-refractivity contribution in [3.8, 4) is 11.5 Å². The predicted molar refractivity (Wildman–Crippen MR) is 124 cm³/mol. The van der Waals surface area contributed by atoms with Crippen LogP contribution in [0.15, 0.2) is 90.1 Å². The molecule has 0 saturated heterocycles. The monoisotopic (exact) mass is 425 g/mol. The lowest BCUT2D eigenvalue weighted by Crippen LogP contribution is -2.29. The molecule has 6 heteroatoms. The number of imidazole rings is 1. The van der Waals surface area contributed by atoms with Crippen LogP contribution < -0.4 is 10.1 Å². The lowest BCUT2D eigenvalue weighted by atomic mass is 9.95. The first-order valence-electron chi connectivity index (χ1n) is 10.6. The number of rotatable bonds is 5. The molecule has 1 aliphatic rings. The number of esters is 1. The van der Waals surface area contributed by atoms with Gasteiger partial charge in [-0.1, -0.05) is 42.5 Å². The number of anilines is 1. The Morgan fingerprint density at radius 2 is 1.75 bits per heavy atom. The Balaban J connectivity index is 1.66. The van der Waals surface area contributed by atoms with Crippen molar-refractivity contribution in [2.45, 2.75) is 19.9 Å². The van der Waals surface area contributed by atoms with Crippen LogP contribution in [0.3, 0.4) is 0 Å². The predicted octanol–water partition coefficient (Wildman–Crippen LogP) is 5.68.